The Labute approximate surface area is 54.7 Å². The van der Waals surface area contributed by atoms with Gasteiger partial charge in [-0.3, -0.25) is 0 Å². The van der Waals surface area contributed by atoms with Gasteiger partial charge in [0.1, 0.15) is 0 Å². The Bertz CT molecular complexity index is 142. The zero-order valence-electron chi connectivity index (χ0n) is 5.67. The zero-order chi connectivity index (χ0) is 6.74. The van der Waals surface area contributed by atoms with Crippen molar-refractivity contribution in [3.8, 4) is 0 Å². The molecule has 0 spiro atoms. The monoisotopic (exact) mass is 125 g/mol. The molecule has 0 amide bonds. The van der Waals surface area contributed by atoms with Gasteiger partial charge in [0, 0.05) is 11.5 Å². The van der Waals surface area contributed by atoms with Gasteiger partial charge < -0.3 is 0 Å². The SMILES string of the molecule is CC1(CCN=[N+]=[N-])CC1. The molecule has 0 heterocycles. The molecule has 0 aromatic heterocycles. The van der Waals surface area contributed by atoms with Crippen molar-refractivity contribution in [1.82, 2.24) is 0 Å². The van der Waals surface area contributed by atoms with Crippen LogP contribution in [0.1, 0.15) is 26.2 Å². The lowest BCUT2D eigenvalue weighted by atomic mass is 10.1. The highest BCUT2D eigenvalue weighted by Gasteiger charge is 2.35. The maximum absolute atomic E-state index is 7.94. The van der Waals surface area contributed by atoms with E-state index in [-0.39, 0.29) is 0 Å². The number of hydrogen-bond donors (Lipinski definition) is 0. The van der Waals surface area contributed by atoms with Gasteiger partial charge in [-0.25, -0.2) is 0 Å². The van der Waals surface area contributed by atoms with E-state index in [1.54, 1.807) is 0 Å². The summed E-state index contributed by atoms with van der Waals surface area (Å²) in [5, 5.41) is 3.48. The molecule has 1 fully saturated rings. The van der Waals surface area contributed by atoms with Gasteiger partial charge >= 0.3 is 0 Å². The van der Waals surface area contributed by atoms with E-state index in [1.807, 2.05) is 0 Å². The van der Waals surface area contributed by atoms with Crippen LogP contribution in [0, 0.1) is 5.41 Å². The van der Waals surface area contributed by atoms with E-state index >= 15 is 0 Å². The lowest BCUT2D eigenvalue weighted by molar-refractivity contribution is 0.527. The third-order valence-electron chi connectivity index (χ3n) is 1.98. The zero-order valence-corrected chi connectivity index (χ0v) is 5.67. The van der Waals surface area contributed by atoms with E-state index in [9.17, 15) is 0 Å². The highest BCUT2D eigenvalue weighted by Crippen LogP contribution is 2.47. The molecule has 1 aliphatic carbocycles. The Morgan fingerprint density at radius 3 is 2.78 bits per heavy atom. The lowest BCUT2D eigenvalue weighted by Gasteiger charge is -2.01. The van der Waals surface area contributed by atoms with Crippen molar-refractivity contribution >= 4 is 0 Å². The van der Waals surface area contributed by atoms with Gasteiger partial charge in [0.15, 0.2) is 0 Å². The largest absolute Gasteiger partial charge is 0.0940 e. The van der Waals surface area contributed by atoms with Crippen molar-refractivity contribution in [2.75, 3.05) is 6.54 Å². The van der Waals surface area contributed by atoms with Crippen molar-refractivity contribution in [1.29, 1.82) is 0 Å². The molecule has 0 aromatic rings. The van der Waals surface area contributed by atoms with E-state index < -0.39 is 0 Å². The van der Waals surface area contributed by atoms with Crippen molar-refractivity contribution < 1.29 is 0 Å². The molecule has 1 aliphatic rings. The first-order valence-electron chi connectivity index (χ1n) is 3.28. The number of rotatable bonds is 3. The first-order valence-corrected chi connectivity index (χ1v) is 3.28. The molecule has 3 nitrogen and oxygen atoms in total. The van der Waals surface area contributed by atoms with Crippen LogP contribution in [0.3, 0.4) is 0 Å². The predicted molar refractivity (Wildman–Crippen MR) is 36.0 cm³/mol. The molecule has 50 valence electrons. The Morgan fingerprint density at radius 1 is 1.67 bits per heavy atom. The van der Waals surface area contributed by atoms with Crippen molar-refractivity contribution in [2.45, 2.75) is 26.2 Å². The van der Waals surface area contributed by atoms with Crippen molar-refractivity contribution in [3.63, 3.8) is 0 Å². The molecule has 0 aliphatic heterocycles. The van der Waals surface area contributed by atoms with Crippen LogP contribution in [-0.4, -0.2) is 6.54 Å². The summed E-state index contributed by atoms with van der Waals surface area (Å²) < 4.78 is 0. The van der Waals surface area contributed by atoms with Crippen LogP contribution in [0.4, 0.5) is 0 Å². The molecular formula is C6H11N3. The fraction of sp³-hybridized carbons (Fsp3) is 1.00. The smallest absolute Gasteiger partial charge is 0.0263 e. The quantitative estimate of drug-likeness (QED) is 0.316. The van der Waals surface area contributed by atoms with Gasteiger partial charge in [-0.1, -0.05) is 12.0 Å². The van der Waals surface area contributed by atoms with Crippen LogP contribution in [0.2, 0.25) is 0 Å². The first-order chi connectivity index (χ1) is 4.27. The Hall–Kier alpha value is -0.690. The Morgan fingerprint density at radius 2 is 2.33 bits per heavy atom. The van der Waals surface area contributed by atoms with Crippen LogP contribution in [0.5, 0.6) is 0 Å². The first kappa shape index (κ1) is 6.43. The topological polar surface area (TPSA) is 48.8 Å². The summed E-state index contributed by atoms with van der Waals surface area (Å²) in [5.41, 5.74) is 8.48. The standard InChI is InChI=1S/C6H11N3/c1-6(2-3-6)4-5-8-9-7/h2-5H2,1H3. The summed E-state index contributed by atoms with van der Waals surface area (Å²) in [5.74, 6) is 0. The molecule has 0 bridgehead atoms. The summed E-state index contributed by atoms with van der Waals surface area (Å²) in [6.45, 7) is 2.91. The van der Waals surface area contributed by atoms with Crippen LogP contribution >= 0.6 is 0 Å². The highest BCUT2D eigenvalue weighted by atomic mass is 15.1. The number of nitrogens with zero attached hydrogens (tertiary/aromatic N) is 3. The van der Waals surface area contributed by atoms with E-state index in [1.165, 1.54) is 12.8 Å². The van der Waals surface area contributed by atoms with Crippen molar-refractivity contribution in [3.05, 3.63) is 10.4 Å². The third kappa shape index (κ3) is 1.94. The van der Waals surface area contributed by atoms with E-state index in [0.717, 1.165) is 6.42 Å². The minimum absolute atomic E-state index is 0.536. The van der Waals surface area contributed by atoms with Gasteiger partial charge in [-0.05, 0) is 30.2 Å². The second-order valence-electron chi connectivity index (χ2n) is 3.02. The second-order valence-corrected chi connectivity index (χ2v) is 3.02. The van der Waals surface area contributed by atoms with Crippen molar-refractivity contribution in [2.24, 2.45) is 10.5 Å². The predicted octanol–water partition coefficient (Wildman–Crippen LogP) is 2.49. The van der Waals surface area contributed by atoms with Gasteiger partial charge in [-0.15, -0.1) is 0 Å². The summed E-state index contributed by atoms with van der Waals surface area (Å²) in [6.07, 6.45) is 3.69. The summed E-state index contributed by atoms with van der Waals surface area (Å²) in [6, 6.07) is 0. The summed E-state index contributed by atoms with van der Waals surface area (Å²) in [4.78, 5) is 2.69. The molecule has 3 heteroatoms. The minimum atomic E-state index is 0.536. The Balaban J connectivity index is 2.12. The number of azide groups is 1. The fourth-order valence-electron chi connectivity index (χ4n) is 0.828. The summed E-state index contributed by atoms with van der Waals surface area (Å²) >= 11 is 0. The van der Waals surface area contributed by atoms with Gasteiger partial charge in [0.25, 0.3) is 0 Å². The van der Waals surface area contributed by atoms with Crippen LogP contribution in [-0.2, 0) is 0 Å². The van der Waals surface area contributed by atoms with E-state index in [4.69, 9.17) is 5.53 Å². The molecule has 1 saturated carbocycles. The maximum atomic E-state index is 7.94. The molecule has 0 atom stereocenters. The third-order valence-corrected chi connectivity index (χ3v) is 1.98. The van der Waals surface area contributed by atoms with Crippen LogP contribution < -0.4 is 0 Å². The average molecular weight is 125 g/mol. The molecule has 0 N–H and O–H groups in total. The Kier molecular flexibility index (Phi) is 1.63. The number of hydrogen-bond acceptors (Lipinski definition) is 1. The van der Waals surface area contributed by atoms with E-state index in [0.29, 0.717) is 12.0 Å². The molecule has 9 heavy (non-hydrogen) atoms. The maximum Gasteiger partial charge on any atom is 0.0263 e. The molecule has 0 radical (unpaired) electrons. The summed E-state index contributed by atoms with van der Waals surface area (Å²) in [7, 11) is 0. The van der Waals surface area contributed by atoms with Crippen LogP contribution in [0.25, 0.3) is 10.4 Å². The highest BCUT2D eigenvalue weighted by molar-refractivity contribution is 4.88. The van der Waals surface area contributed by atoms with E-state index in [2.05, 4.69) is 16.9 Å². The molecular weight excluding hydrogens is 114 g/mol. The normalized spacial score (nSPS) is 20.6. The molecule has 0 aromatic carbocycles. The average Bonchev–Trinajstić information content (AvgIpc) is 2.50. The lowest BCUT2D eigenvalue weighted by Crippen LogP contribution is -1.93. The minimum Gasteiger partial charge on any atom is -0.0940 e. The van der Waals surface area contributed by atoms with Crippen LogP contribution in [0.15, 0.2) is 5.11 Å². The molecule has 1 rings (SSSR count). The molecule has 0 saturated heterocycles. The van der Waals surface area contributed by atoms with Gasteiger partial charge in [0.05, 0.1) is 0 Å². The van der Waals surface area contributed by atoms with Gasteiger partial charge in [-0.2, -0.15) is 0 Å². The van der Waals surface area contributed by atoms with Gasteiger partial charge in [0.2, 0.25) is 0 Å². The fourth-order valence-corrected chi connectivity index (χ4v) is 0.828. The molecule has 0 unspecified atom stereocenters. The second kappa shape index (κ2) is 2.28.